The van der Waals surface area contributed by atoms with Crippen molar-refractivity contribution in [2.75, 3.05) is 32.8 Å². The van der Waals surface area contributed by atoms with E-state index in [1.807, 2.05) is 6.07 Å². The molecular formula is C22H22Cl2N4O4S. The Hall–Kier alpha value is -2.59. The number of nitrogens with zero attached hydrogens (tertiary/aromatic N) is 2. The second-order valence-electron chi connectivity index (χ2n) is 7.27. The highest BCUT2D eigenvalue weighted by molar-refractivity contribution is 7.21. The van der Waals surface area contributed by atoms with Crippen LogP contribution in [0.25, 0.3) is 20.8 Å². The fourth-order valence-corrected chi connectivity index (χ4v) is 5.40. The van der Waals surface area contributed by atoms with Gasteiger partial charge >= 0.3 is 0 Å². The van der Waals surface area contributed by atoms with E-state index in [0.29, 0.717) is 63.1 Å². The number of methoxy groups -OCH3 is 2. The molecule has 11 heteroatoms. The largest absolute Gasteiger partial charge is 0.495 e. The van der Waals surface area contributed by atoms with E-state index >= 15 is 0 Å². The van der Waals surface area contributed by atoms with E-state index in [1.165, 1.54) is 31.6 Å². The number of ether oxygens (including phenoxy) is 3. The molecule has 1 aliphatic rings. The number of pyridine rings is 1. The minimum Gasteiger partial charge on any atom is -0.495 e. The van der Waals surface area contributed by atoms with Gasteiger partial charge in [-0.25, -0.2) is 9.97 Å². The van der Waals surface area contributed by atoms with Gasteiger partial charge in [-0.1, -0.05) is 29.8 Å². The molecule has 4 rings (SSSR count). The quantitative estimate of drug-likeness (QED) is 0.451. The maximum Gasteiger partial charge on any atom is 0.243 e. The molecule has 33 heavy (non-hydrogen) atoms. The molecule has 1 aliphatic heterocycles. The van der Waals surface area contributed by atoms with Crippen molar-refractivity contribution in [3.05, 3.63) is 41.0 Å². The zero-order valence-corrected chi connectivity index (χ0v) is 20.3. The van der Waals surface area contributed by atoms with Gasteiger partial charge in [-0.3, -0.25) is 4.79 Å². The lowest BCUT2D eigenvalue weighted by atomic mass is 10.0. The molecule has 8 nitrogen and oxygen atoms in total. The number of amides is 1. The number of hydrogen-bond acceptors (Lipinski definition) is 8. The van der Waals surface area contributed by atoms with Crippen LogP contribution in [0.2, 0.25) is 10.0 Å². The van der Waals surface area contributed by atoms with Gasteiger partial charge in [0.2, 0.25) is 5.91 Å². The number of carbonyl (C=O) groups excluding carboxylic acids is 1. The van der Waals surface area contributed by atoms with Gasteiger partial charge in [-0.15, -0.1) is 11.3 Å². The van der Waals surface area contributed by atoms with Gasteiger partial charge in [-0.2, -0.15) is 0 Å². The number of anilines is 1. The number of nitrogens with one attached hydrogen (secondary N) is 2. The lowest BCUT2D eigenvalue weighted by molar-refractivity contribution is -0.117. The molecule has 0 saturated carbocycles. The Balaban J connectivity index is 1.65. The van der Waals surface area contributed by atoms with Crippen molar-refractivity contribution in [3.63, 3.8) is 0 Å². The van der Waals surface area contributed by atoms with E-state index in [9.17, 15) is 4.79 Å². The van der Waals surface area contributed by atoms with Crippen LogP contribution < -0.4 is 20.1 Å². The van der Waals surface area contributed by atoms with Crippen LogP contribution >= 0.6 is 34.5 Å². The van der Waals surface area contributed by atoms with Crippen LogP contribution in [0.1, 0.15) is 6.42 Å². The van der Waals surface area contributed by atoms with Crippen LogP contribution in [-0.4, -0.2) is 55.4 Å². The number of rotatable bonds is 7. The summed E-state index contributed by atoms with van der Waals surface area (Å²) < 4.78 is 17.2. The highest BCUT2D eigenvalue weighted by atomic mass is 35.5. The Labute approximate surface area is 204 Å². The van der Waals surface area contributed by atoms with Gasteiger partial charge < -0.3 is 24.8 Å². The zero-order valence-electron chi connectivity index (χ0n) is 18.0. The van der Waals surface area contributed by atoms with Gasteiger partial charge in [0.15, 0.2) is 0 Å². The molecule has 0 unspecified atom stereocenters. The predicted octanol–water partition coefficient (Wildman–Crippen LogP) is 4.55. The van der Waals surface area contributed by atoms with Gasteiger partial charge in [0.05, 0.1) is 59.4 Å². The van der Waals surface area contributed by atoms with Crippen LogP contribution in [-0.2, 0) is 9.53 Å². The van der Waals surface area contributed by atoms with Gasteiger partial charge in [0, 0.05) is 12.7 Å². The zero-order chi connectivity index (χ0) is 23.5. The van der Waals surface area contributed by atoms with Crippen molar-refractivity contribution in [1.29, 1.82) is 0 Å². The number of carbonyl (C=O) groups is 1. The number of aromatic nitrogens is 2. The minimum absolute atomic E-state index is 0.0966. The Morgan fingerprint density at radius 2 is 1.97 bits per heavy atom. The molecule has 0 aliphatic carbocycles. The number of thiazole rings is 1. The second kappa shape index (κ2) is 10.1. The van der Waals surface area contributed by atoms with Crippen molar-refractivity contribution < 1.29 is 19.0 Å². The summed E-state index contributed by atoms with van der Waals surface area (Å²) in [6.07, 6.45) is 3.64. The normalized spacial score (nSPS) is 18.1. The van der Waals surface area contributed by atoms with E-state index in [2.05, 4.69) is 27.2 Å². The Bertz CT molecular complexity index is 1170. The standard InChI is InChI=1S/C22H22Cl2N4O4S/c1-4-18(29)27-11-5-6-32-10-13(11)26-17-8-16-12(9-25-17)28-22(33-16)19-20(23)14(30-2)7-15(31-3)21(19)24/h4,7-9,11,13H,1,5-6,10H2,2-3H3,(H,25,26)(H,27,29)/t11-,13+/m0/s1. The molecule has 1 fully saturated rings. The van der Waals surface area contributed by atoms with Crippen molar-refractivity contribution in [2.45, 2.75) is 18.5 Å². The molecule has 1 saturated heterocycles. The molecule has 1 amide bonds. The van der Waals surface area contributed by atoms with E-state index < -0.39 is 0 Å². The monoisotopic (exact) mass is 508 g/mol. The van der Waals surface area contributed by atoms with Crippen molar-refractivity contribution in [3.8, 4) is 22.1 Å². The summed E-state index contributed by atoms with van der Waals surface area (Å²) >= 11 is 14.5. The van der Waals surface area contributed by atoms with E-state index in [1.54, 1.807) is 12.3 Å². The third kappa shape index (κ3) is 4.86. The maximum atomic E-state index is 11.8. The van der Waals surface area contributed by atoms with E-state index in [0.717, 1.165) is 4.70 Å². The lowest BCUT2D eigenvalue weighted by Crippen LogP contribution is -2.52. The Morgan fingerprint density at radius 3 is 2.64 bits per heavy atom. The van der Waals surface area contributed by atoms with Crippen LogP contribution in [0.5, 0.6) is 11.5 Å². The number of halogens is 2. The highest BCUT2D eigenvalue weighted by Gasteiger charge is 2.27. The predicted molar refractivity (Wildman–Crippen MR) is 131 cm³/mol. The minimum atomic E-state index is -0.216. The second-order valence-corrected chi connectivity index (χ2v) is 9.06. The van der Waals surface area contributed by atoms with Crippen LogP contribution in [0.4, 0.5) is 5.82 Å². The molecule has 2 aromatic heterocycles. The summed E-state index contributed by atoms with van der Waals surface area (Å²) in [5.74, 6) is 1.31. The average Bonchev–Trinajstić information content (AvgIpc) is 3.23. The molecule has 0 radical (unpaired) electrons. The number of hydrogen-bond donors (Lipinski definition) is 2. The fourth-order valence-electron chi connectivity index (χ4n) is 3.58. The SMILES string of the molecule is C=CC(=O)N[C@H]1CCOC[C@H]1Nc1cc2sc(-c3c(Cl)c(OC)cc(OC)c3Cl)nc2cn1. The summed E-state index contributed by atoms with van der Waals surface area (Å²) in [6, 6.07) is 3.31. The average molecular weight is 509 g/mol. The third-order valence-electron chi connectivity index (χ3n) is 5.26. The number of fused-ring (bicyclic) bond motifs is 1. The fraction of sp³-hybridized carbons (Fsp3) is 0.318. The van der Waals surface area contributed by atoms with Gasteiger partial charge in [0.1, 0.15) is 27.8 Å². The molecule has 3 aromatic rings. The van der Waals surface area contributed by atoms with Crippen LogP contribution in [0.3, 0.4) is 0 Å². The summed E-state index contributed by atoms with van der Waals surface area (Å²) in [6.45, 7) is 4.54. The molecule has 174 valence electrons. The summed E-state index contributed by atoms with van der Waals surface area (Å²) in [7, 11) is 3.05. The molecule has 3 heterocycles. The smallest absolute Gasteiger partial charge is 0.243 e. The Kier molecular flexibility index (Phi) is 7.23. The summed E-state index contributed by atoms with van der Waals surface area (Å²) in [4.78, 5) is 20.9. The topological polar surface area (TPSA) is 94.6 Å². The molecule has 0 bridgehead atoms. The first-order valence-electron chi connectivity index (χ1n) is 10.1. The van der Waals surface area contributed by atoms with Crippen LogP contribution in [0, 0.1) is 0 Å². The molecular weight excluding hydrogens is 487 g/mol. The van der Waals surface area contributed by atoms with Crippen molar-refractivity contribution in [1.82, 2.24) is 15.3 Å². The summed E-state index contributed by atoms with van der Waals surface area (Å²) in [5, 5.41) is 7.64. The Morgan fingerprint density at radius 1 is 1.24 bits per heavy atom. The molecule has 2 N–H and O–H groups in total. The van der Waals surface area contributed by atoms with Crippen LogP contribution in [0.15, 0.2) is 31.0 Å². The third-order valence-corrected chi connectivity index (χ3v) is 7.05. The van der Waals surface area contributed by atoms with E-state index in [4.69, 9.17) is 37.4 Å². The van der Waals surface area contributed by atoms with Crippen molar-refractivity contribution >= 4 is 56.5 Å². The molecule has 0 spiro atoms. The van der Waals surface area contributed by atoms with Gasteiger partial charge in [-0.05, 0) is 18.6 Å². The first-order chi connectivity index (χ1) is 15.9. The first kappa shape index (κ1) is 23.6. The molecule has 1 aromatic carbocycles. The maximum absolute atomic E-state index is 11.8. The highest BCUT2D eigenvalue weighted by Crippen LogP contribution is 2.47. The molecule has 2 atom stereocenters. The van der Waals surface area contributed by atoms with Crippen molar-refractivity contribution in [2.24, 2.45) is 0 Å². The summed E-state index contributed by atoms with van der Waals surface area (Å²) in [5.41, 5.74) is 1.24. The van der Waals surface area contributed by atoms with E-state index in [-0.39, 0.29) is 18.0 Å². The first-order valence-corrected chi connectivity index (χ1v) is 11.7. The lowest BCUT2D eigenvalue weighted by Gasteiger charge is -2.32. The number of benzene rings is 1. The van der Waals surface area contributed by atoms with Gasteiger partial charge in [0.25, 0.3) is 0 Å².